The normalized spacial score (nSPS) is 22.4. The van der Waals surface area contributed by atoms with Gasteiger partial charge in [0.25, 0.3) is 0 Å². The fraction of sp³-hybridized carbons (Fsp3) is 0.200. The minimum Gasteiger partial charge on any atom is -0.325 e. The molecule has 0 aromatic heterocycles. The molecule has 1 aliphatic rings. The van der Waals surface area contributed by atoms with E-state index in [-0.39, 0.29) is 0 Å². The Morgan fingerprint density at radius 1 is 1.43 bits per heavy atom. The lowest BCUT2D eigenvalue weighted by Crippen LogP contribution is -2.22. The molecule has 1 rings (SSSR count). The molecule has 0 aromatic rings. The Balaban J connectivity index is 3.11. The lowest BCUT2D eigenvalue weighted by molar-refractivity contribution is -0.125. The second-order valence-corrected chi connectivity index (χ2v) is 2.76. The fourth-order valence-electron chi connectivity index (χ4n) is 1.29. The van der Waals surface area contributed by atoms with E-state index in [4.69, 9.17) is 0 Å². The van der Waals surface area contributed by atoms with Gasteiger partial charge >= 0.3 is 0 Å². The molecule has 0 radical (unpaired) electrons. The van der Waals surface area contributed by atoms with Crippen molar-refractivity contribution in [2.75, 3.05) is 0 Å². The second kappa shape index (κ2) is 4.50. The van der Waals surface area contributed by atoms with Crippen LogP contribution in [-0.2, 0) is 9.59 Å². The Bertz CT molecular complexity index is 342. The van der Waals surface area contributed by atoms with Gasteiger partial charge in [-0.25, -0.2) is 4.39 Å². The van der Waals surface area contributed by atoms with Crippen LogP contribution in [0.2, 0.25) is 0 Å². The third kappa shape index (κ3) is 1.79. The van der Waals surface area contributed by atoms with Crippen molar-refractivity contribution in [2.45, 2.75) is 6.92 Å². The quantitative estimate of drug-likeness (QED) is 0.544. The van der Waals surface area contributed by atoms with Crippen LogP contribution in [0.5, 0.6) is 0 Å². The summed E-state index contributed by atoms with van der Waals surface area (Å²) in [5.74, 6) is -1.31. The van der Waals surface area contributed by atoms with Crippen LogP contribution < -0.4 is 5.32 Å². The summed E-state index contributed by atoms with van der Waals surface area (Å²) in [6.45, 7) is 1.77. The maximum atomic E-state index is 12.0. The number of carbonyl (C=O) groups excluding carboxylic acids is 2. The minimum absolute atomic E-state index is 0.315. The SMILES string of the molecule is C/C=C\C1=C(/C=C/F)C(C=O)C(=O)N1. The number of carbonyl (C=O) groups is 2. The van der Waals surface area contributed by atoms with E-state index in [1.54, 1.807) is 19.1 Å². The molecule has 1 amide bonds. The van der Waals surface area contributed by atoms with Gasteiger partial charge in [0.15, 0.2) is 0 Å². The van der Waals surface area contributed by atoms with Gasteiger partial charge < -0.3 is 10.1 Å². The van der Waals surface area contributed by atoms with Gasteiger partial charge in [0.05, 0.1) is 6.33 Å². The largest absolute Gasteiger partial charge is 0.325 e. The molecule has 0 saturated carbocycles. The Hall–Kier alpha value is -1.71. The summed E-state index contributed by atoms with van der Waals surface area (Å²) in [6.07, 6.45) is 5.26. The van der Waals surface area contributed by atoms with Crippen molar-refractivity contribution < 1.29 is 14.0 Å². The Labute approximate surface area is 81.0 Å². The molecular formula is C10H10FNO2. The van der Waals surface area contributed by atoms with E-state index < -0.39 is 11.8 Å². The molecule has 4 heteroatoms. The molecule has 14 heavy (non-hydrogen) atoms. The molecule has 0 saturated heterocycles. The molecule has 3 nitrogen and oxygen atoms in total. The van der Waals surface area contributed by atoms with Crippen molar-refractivity contribution in [1.29, 1.82) is 0 Å². The molecule has 0 fully saturated rings. The van der Waals surface area contributed by atoms with Crippen molar-refractivity contribution in [3.8, 4) is 0 Å². The molecule has 0 aromatic carbocycles. The third-order valence-corrected chi connectivity index (χ3v) is 1.90. The number of amides is 1. The summed E-state index contributed by atoms with van der Waals surface area (Å²) in [5.41, 5.74) is 0.842. The summed E-state index contributed by atoms with van der Waals surface area (Å²) in [5, 5.41) is 2.50. The zero-order valence-electron chi connectivity index (χ0n) is 7.66. The van der Waals surface area contributed by atoms with E-state index >= 15 is 0 Å². The maximum Gasteiger partial charge on any atom is 0.239 e. The summed E-state index contributed by atoms with van der Waals surface area (Å²) >= 11 is 0. The van der Waals surface area contributed by atoms with Crippen LogP contribution in [-0.4, -0.2) is 12.2 Å². The van der Waals surface area contributed by atoms with Gasteiger partial charge in [-0.2, -0.15) is 0 Å². The maximum absolute atomic E-state index is 12.0. The van der Waals surface area contributed by atoms with E-state index in [1.165, 1.54) is 0 Å². The molecule has 1 unspecified atom stereocenters. The monoisotopic (exact) mass is 195 g/mol. The van der Waals surface area contributed by atoms with Crippen molar-refractivity contribution >= 4 is 12.2 Å². The summed E-state index contributed by atoms with van der Waals surface area (Å²) in [7, 11) is 0. The summed E-state index contributed by atoms with van der Waals surface area (Å²) in [4.78, 5) is 21.8. The molecule has 1 heterocycles. The zero-order valence-corrected chi connectivity index (χ0v) is 7.66. The smallest absolute Gasteiger partial charge is 0.239 e. The van der Waals surface area contributed by atoms with Crippen LogP contribution in [0.3, 0.4) is 0 Å². The van der Waals surface area contributed by atoms with Crippen molar-refractivity contribution in [2.24, 2.45) is 5.92 Å². The molecule has 0 aliphatic carbocycles. The number of allylic oxidation sites excluding steroid dienone is 3. The van der Waals surface area contributed by atoms with Crippen LogP contribution in [0.4, 0.5) is 4.39 Å². The van der Waals surface area contributed by atoms with Crippen LogP contribution in [0.15, 0.2) is 35.8 Å². The molecule has 1 N–H and O–H groups in total. The fourth-order valence-corrected chi connectivity index (χ4v) is 1.29. The molecule has 0 bridgehead atoms. The highest BCUT2D eigenvalue weighted by Gasteiger charge is 2.30. The highest BCUT2D eigenvalue weighted by atomic mass is 19.1. The van der Waals surface area contributed by atoms with Gasteiger partial charge in [-0.15, -0.1) is 0 Å². The van der Waals surface area contributed by atoms with Gasteiger partial charge in [-0.3, -0.25) is 4.79 Å². The Morgan fingerprint density at radius 3 is 2.64 bits per heavy atom. The first-order chi connectivity index (χ1) is 6.74. The van der Waals surface area contributed by atoms with Crippen molar-refractivity contribution in [3.63, 3.8) is 0 Å². The number of rotatable bonds is 3. The van der Waals surface area contributed by atoms with Gasteiger partial charge in [0.1, 0.15) is 12.2 Å². The Morgan fingerprint density at radius 2 is 2.14 bits per heavy atom. The van der Waals surface area contributed by atoms with Crippen LogP contribution in [0.25, 0.3) is 0 Å². The number of nitrogens with one attached hydrogen (secondary N) is 1. The number of aldehydes is 1. The standard InChI is InChI=1S/C10H10FNO2/c1-2-3-9-7(4-5-11)8(6-13)10(14)12-9/h2-6,8H,1H3,(H,12,14)/b3-2-,5-4+. The van der Waals surface area contributed by atoms with E-state index in [0.717, 1.165) is 6.08 Å². The second-order valence-electron chi connectivity index (χ2n) is 2.76. The lowest BCUT2D eigenvalue weighted by atomic mass is 10.0. The van der Waals surface area contributed by atoms with Crippen molar-refractivity contribution in [1.82, 2.24) is 5.32 Å². The number of hydrogen-bond donors (Lipinski definition) is 1. The average molecular weight is 195 g/mol. The van der Waals surface area contributed by atoms with E-state index in [2.05, 4.69) is 5.32 Å². The molecule has 0 spiro atoms. The molecule has 74 valence electrons. The third-order valence-electron chi connectivity index (χ3n) is 1.90. The Kier molecular flexibility index (Phi) is 3.34. The number of halogens is 1. The minimum atomic E-state index is -0.895. The first-order valence-electron chi connectivity index (χ1n) is 4.14. The predicted octanol–water partition coefficient (Wildman–Crippen LogP) is 1.24. The first kappa shape index (κ1) is 10.4. The van der Waals surface area contributed by atoms with Gasteiger partial charge in [0, 0.05) is 5.70 Å². The van der Waals surface area contributed by atoms with Crippen LogP contribution in [0, 0.1) is 5.92 Å². The summed E-state index contributed by atoms with van der Waals surface area (Å²) in [6, 6.07) is 0. The molecule has 1 aliphatic heterocycles. The number of hydrogen-bond acceptors (Lipinski definition) is 2. The topological polar surface area (TPSA) is 46.2 Å². The summed E-state index contributed by atoms with van der Waals surface area (Å²) < 4.78 is 12.0. The molecular weight excluding hydrogens is 185 g/mol. The van der Waals surface area contributed by atoms with Crippen LogP contribution in [0.1, 0.15) is 6.92 Å². The van der Waals surface area contributed by atoms with Gasteiger partial charge in [0.2, 0.25) is 5.91 Å². The van der Waals surface area contributed by atoms with Crippen molar-refractivity contribution in [3.05, 3.63) is 35.8 Å². The van der Waals surface area contributed by atoms with E-state index in [9.17, 15) is 14.0 Å². The first-order valence-corrected chi connectivity index (χ1v) is 4.14. The van der Waals surface area contributed by atoms with Gasteiger partial charge in [-0.05, 0) is 24.6 Å². The highest BCUT2D eigenvalue weighted by Crippen LogP contribution is 2.22. The van der Waals surface area contributed by atoms with E-state index in [0.29, 0.717) is 23.9 Å². The zero-order chi connectivity index (χ0) is 10.6. The van der Waals surface area contributed by atoms with Gasteiger partial charge in [-0.1, -0.05) is 6.08 Å². The molecule has 1 atom stereocenters. The predicted molar refractivity (Wildman–Crippen MR) is 49.8 cm³/mol. The van der Waals surface area contributed by atoms with E-state index in [1.807, 2.05) is 0 Å². The lowest BCUT2D eigenvalue weighted by Gasteiger charge is -1.97. The van der Waals surface area contributed by atoms with Crippen LogP contribution >= 0.6 is 0 Å². The average Bonchev–Trinajstić information content (AvgIpc) is 2.44. The highest BCUT2D eigenvalue weighted by molar-refractivity contribution is 6.00.